The van der Waals surface area contributed by atoms with Gasteiger partial charge in [0.05, 0.1) is 6.54 Å². The SMILES string of the molecule is Cc1cc(/C=C/C(=O)NCC(=O)N2CCCC2)c(C)n1-c1ccccc1. The maximum Gasteiger partial charge on any atom is 0.244 e. The van der Waals surface area contributed by atoms with Crippen LogP contribution in [0.4, 0.5) is 0 Å². The molecule has 1 aliphatic heterocycles. The first kappa shape index (κ1) is 18.0. The van der Waals surface area contributed by atoms with Gasteiger partial charge in [-0.25, -0.2) is 0 Å². The summed E-state index contributed by atoms with van der Waals surface area (Å²) < 4.78 is 2.16. The highest BCUT2D eigenvalue weighted by Crippen LogP contribution is 2.21. The van der Waals surface area contributed by atoms with Crippen molar-refractivity contribution in [1.82, 2.24) is 14.8 Å². The molecule has 0 radical (unpaired) electrons. The lowest BCUT2D eigenvalue weighted by Crippen LogP contribution is -2.38. The maximum atomic E-state index is 12.0. The van der Waals surface area contributed by atoms with Gasteiger partial charge in [0, 0.05) is 36.2 Å². The molecule has 3 rings (SSSR count). The van der Waals surface area contributed by atoms with Crippen molar-refractivity contribution in [3.63, 3.8) is 0 Å². The van der Waals surface area contributed by atoms with E-state index in [1.807, 2.05) is 32.0 Å². The molecule has 1 N–H and O–H groups in total. The molecule has 0 aliphatic carbocycles. The van der Waals surface area contributed by atoms with Crippen LogP contribution in [0.1, 0.15) is 29.8 Å². The summed E-state index contributed by atoms with van der Waals surface area (Å²) in [7, 11) is 0. The van der Waals surface area contributed by atoms with E-state index < -0.39 is 0 Å². The number of amides is 2. The molecule has 2 amide bonds. The molecule has 136 valence electrons. The van der Waals surface area contributed by atoms with Gasteiger partial charge in [-0.05, 0) is 56.5 Å². The Morgan fingerprint density at radius 1 is 1.12 bits per heavy atom. The highest BCUT2D eigenvalue weighted by Gasteiger charge is 2.17. The summed E-state index contributed by atoms with van der Waals surface area (Å²) in [4.78, 5) is 25.8. The molecule has 1 aliphatic rings. The number of carbonyl (C=O) groups is 2. The monoisotopic (exact) mass is 351 g/mol. The Balaban J connectivity index is 1.63. The molecular formula is C21H25N3O2. The summed E-state index contributed by atoms with van der Waals surface area (Å²) in [5.74, 6) is -0.256. The first-order chi connectivity index (χ1) is 12.6. The molecule has 2 aromatic rings. The van der Waals surface area contributed by atoms with E-state index in [2.05, 4.69) is 28.1 Å². The van der Waals surface area contributed by atoms with E-state index in [0.717, 1.165) is 48.6 Å². The van der Waals surface area contributed by atoms with Crippen molar-refractivity contribution in [1.29, 1.82) is 0 Å². The van der Waals surface area contributed by atoms with Crippen LogP contribution in [-0.4, -0.2) is 40.9 Å². The van der Waals surface area contributed by atoms with Gasteiger partial charge in [-0.1, -0.05) is 18.2 Å². The number of hydrogen-bond donors (Lipinski definition) is 1. The fourth-order valence-electron chi connectivity index (χ4n) is 3.40. The number of hydrogen-bond acceptors (Lipinski definition) is 2. The number of nitrogens with one attached hydrogen (secondary N) is 1. The van der Waals surface area contributed by atoms with Crippen LogP contribution in [0.25, 0.3) is 11.8 Å². The van der Waals surface area contributed by atoms with Gasteiger partial charge in [0.25, 0.3) is 0 Å². The molecule has 1 aromatic heterocycles. The third-order valence-electron chi connectivity index (χ3n) is 4.77. The number of nitrogens with zero attached hydrogens (tertiary/aromatic N) is 2. The van der Waals surface area contributed by atoms with Gasteiger partial charge in [-0.15, -0.1) is 0 Å². The number of para-hydroxylation sites is 1. The number of aromatic nitrogens is 1. The molecule has 0 saturated carbocycles. The van der Waals surface area contributed by atoms with E-state index in [4.69, 9.17) is 0 Å². The van der Waals surface area contributed by atoms with Crippen molar-refractivity contribution in [2.45, 2.75) is 26.7 Å². The van der Waals surface area contributed by atoms with E-state index in [9.17, 15) is 9.59 Å². The Hall–Kier alpha value is -2.82. The van der Waals surface area contributed by atoms with Crippen molar-refractivity contribution in [2.24, 2.45) is 0 Å². The molecule has 0 spiro atoms. The second-order valence-electron chi connectivity index (χ2n) is 6.64. The van der Waals surface area contributed by atoms with E-state index in [0.29, 0.717) is 0 Å². The van der Waals surface area contributed by atoms with E-state index in [-0.39, 0.29) is 18.4 Å². The number of benzene rings is 1. The van der Waals surface area contributed by atoms with Crippen molar-refractivity contribution >= 4 is 17.9 Å². The Morgan fingerprint density at radius 3 is 2.50 bits per heavy atom. The van der Waals surface area contributed by atoms with Crippen molar-refractivity contribution < 1.29 is 9.59 Å². The highest BCUT2D eigenvalue weighted by molar-refractivity contribution is 5.94. The second-order valence-corrected chi connectivity index (χ2v) is 6.64. The predicted octanol–water partition coefficient (Wildman–Crippen LogP) is 2.85. The Labute approximate surface area is 154 Å². The van der Waals surface area contributed by atoms with Crippen LogP contribution in [0.3, 0.4) is 0 Å². The van der Waals surface area contributed by atoms with E-state index >= 15 is 0 Å². The lowest BCUT2D eigenvalue weighted by atomic mass is 10.2. The Kier molecular flexibility index (Phi) is 5.56. The van der Waals surface area contributed by atoms with Crippen LogP contribution in [0, 0.1) is 13.8 Å². The van der Waals surface area contributed by atoms with Gasteiger partial charge in [-0.3, -0.25) is 9.59 Å². The summed E-state index contributed by atoms with van der Waals surface area (Å²) in [6, 6.07) is 12.2. The molecule has 1 aromatic carbocycles. The zero-order valence-corrected chi connectivity index (χ0v) is 15.4. The van der Waals surface area contributed by atoms with Crippen LogP contribution >= 0.6 is 0 Å². The highest BCUT2D eigenvalue weighted by atomic mass is 16.2. The summed E-state index contributed by atoms with van der Waals surface area (Å²) in [6.45, 7) is 5.75. The summed E-state index contributed by atoms with van der Waals surface area (Å²) in [5, 5.41) is 2.68. The average Bonchev–Trinajstić information content (AvgIpc) is 3.27. The largest absolute Gasteiger partial charge is 0.343 e. The number of rotatable bonds is 5. The smallest absolute Gasteiger partial charge is 0.244 e. The van der Waals surface area contributed by atoms with Gasteiger partial charge in [0.2, 0.25) is 11.8 Å². The topological polar surface area (TPSA) is 54.3 Å². The molecule has 2 heterocycles. The number of likely N-dealkylation sites (tertiary alicyclic amines) is 1. The molecule has 26 heavy (non-hydrogen) atoms. The summed E-state index contributed by atoms with van der Waals surface area (Å²) in [6.07, 6.45) is 5.40. The van der Waals surface area contributed by atoms with Crippen LogP contribution in [0.2, 0.25) is 0 Å². The third kappa shape index (κ3) is 4.04. The van der Waals surface area contributed by atoms with Crippen LogP contribution < -0.4 is 5.32 Å². The molecule has 1 fully saturated rings. The summed E-state index contributed by atoms with van der Waals surface area (Å²) >= 11 is 0. The predicted molar refractivity (Wildman–Crippen MR) is 103 cm³/mol. The quantitative estimate of drug-likeness (QED) is 0.842. The van der Waals surface area contributed by atoms with Crippen molar-refractivity contribution in [2.75, 3.05) is 19.6 Å². The molecular weight excluding hydrogens is 326 g/mol. The minimum Gasteiger partial charge on any atom is -0.343 e. The average molecular weight is 351 g/mol. The van der Waals surface area contributed by atoms with Crippen LogP contribution in [0.15, 0.2) is 42.5 Å². The fourth-order valence-corrected chi connectivity index (χ4v) is 3.40. The number of carbonyl (C=O) groups excluding carboxylic acids is 2. The lowest BCUT2D eigenvalue weighted by molar-refractivity contribution is -0.131. The molecule has 0 unspecified atom stereocenters. The van der Waals surface area contributed by atoms with Crippen LogP contribution in [0.5, 0.6) is 0 Å². The number of aryl methyl sites for hydroxylation is 1. The molecule has 0 bridgehead atoms. The van der Waals surface area contributed by atoms with Gasteiger partial charge in [0.15, 0.2) is 0 Å². The van der Waals surface area contributed by atoms with Crippen molar-refractivity contribution in [3.05, 3.63) is 59.4 Å². The minimum absolute atomic E-state index is 0.00787. The first-order valence-electron chi connectivity index (χ1n) is 9.04. The fraction of sp³-hybridized carbons (Fsp3) is 0.333. The maximum absolute atomic E-state index is 12.0. The third-order valence-corrected chi connectivity index (χ3v) is 4.77. The van der Waals surface area contributed by atoms with E-state index in [1.54, 1.807) is 11.0 Å². The molecule has 5 nitrogen and oxygen atoms in total. The van der Waals surface area contributed by atoms with Gasteiger partial charge >= 0.3 is 0 Å². The summed E-state index contributed by atoms with van der Waals surface area (Å²) in [5.41, 5.74) is 4.28. The minimum atomic E-state index is -0.248. The molecule has 1 saturated heterocycles. The normalized spacial score (nSPS) is 14.2. The van der Waals surface area contributed by atoms with Gasteiger partial charge < -0.3 is 14.8 Å². The van der Waals surface area contributed by atoms with Crippen molar-refractivity contribution in [3.8, 4) is 5.69 Å². The Morgan fingerprint density at radius 2 is 1.81 bits per heavy atom. The van der Waals surface area contributed by atoms with E-state index in [1.165, 1.54) is 6.08 Å². The standard InChI is InChI=1S/C21H25N3O2/c1-16-14-18(17(2)24(16)19-8-4-3-5-9-19)10-11-20(25)22-15-21(26)23-12-6-7-13-23/h3-5,8-11,14H,6-7,12-13,15H2,1-2H3,(H,22,25)/b11-10+. The molecule has 5 heteroatoms. The zero-order valence-electron chi connectivity index (χ0n) is 15.4. The Bertz CT molecular complexity index is 815. The van der Waals surface area contributed by atoms with Gasteiger partial charge in [-0.2, -0.15) is 0 Å². The van der Waals surface area contributed by atoms with Gasteiger partial charge in [0.1, 0.15) is 0 Å². The zero-order chi connectivity index (χ0) is 18.5. The first-order valence-corrected chi connectivity index (χ1v) is 9.04. The second kappa shape index (κ2) is 8.04. The lowest BCUT2D eigenvalue weighted by Gasteiger charge is -2.14. The van der Waals surface area contributed by atoms with Crippen LogP contribution in [-0.2, 0) is 9.59 Å². The molecule has 0 atom stereocenters.